The molecular weight excluding hydrogens is 260 g/mol. The molecule has 0 aliphatic heterocycles. The molecule has 0 radical (unpaired) electrons. The molecule has 0 aliphatic carbocycles. The zero-order chi connectivity index (χ0) is 16.0. The molecular formula is C15H24O5. The fourth-order valence-corrected chi connectivity index (χ4v) is 0.936. The molecule has 0 atom stereocenters. The number of carbonyl (C=O) groups is 3. The van der Waals surface area contributed by atoms with E-state index in [1.807, 2.05) is 0 Å². The molecule has 0 N–H and O–H groups in total. The second-order valence-corrected chi connectivity index (χ2v) is 6.54. The van der Waals surface area contributed by atoms with E-state index in [0.29, 0.717) is 0 Å². The topological polar surface area (TPSA) is 69.7 Å². The maximum atomic E-state index is 11.6. The first-order valence-corrected chi connectivity index (χ1v) is 6.48. The molecule has 0 bridgehead atoms. The maximum absolute atomic E-state index is 11.6. The molecule has 0 aromatic carbocycles. The summed E-state index contributed by atoms with van der Waals surface area (Å²) in [5.41, 5.74) is -1.10. The number of esters is 2. The molecule has 0 heterocycles. The lowest BCUT2D eigenvalue weighted by atomic mass is 9.90. The van der Waals surface area contributed by atoms with Gasteiger partial charge in [-0.15, -0.1) is 0 Å². The molecule has 0 amide bonds. The monoisotopic (exact) mass is 284 g/mol. The molecule has 0 fully saturated rings. The van der Waals surface area contributed by atoms with Crippen molar-refractivity contribution in [2.45, 2.75) is 48.0 Å². The van der Waals surface area contributed by atoms with Gasteiger partial charge < -0.3 is 9.47 Å². The molecule has 114 valence electrons. The van der Waals surface area contributed by atoms with Gasteiger partial charge >= 0.3 is 11.9 Å². The Morgan fingerprint density at radius 3 is 1.90 bits per heavy atom. The summed E-state index contributed by atoms with van der Waals surface area (Å²) in [6.07, 6.45) is 2.78. The zero-order valence-electron chi connectivity index (χ0n) is 13.1. The number of carbonyl (C=O) groups excluding carboxylic acids is 3. The Kier molecular flexibility index (Phi) is 6.62. The van der Waals surface area contributed by atoms with Gasteiger partial charge in [0.1, 0.15) is 0 Å². The summed E-state index contributed by atoms with van der Waals surface area (Å²) in [5, 5.41) is 0. The second-order valence-electron chi connectivity index (χ2n) is 6.54. The largest absolute Gasteiger partial charge is 0.428 e. The number of hydrogen-bond donors (Lipinski definition) is 0. The highest BCUT2D eigenvalue weighted by Gasteiger charge is 2.23. The molecule has 0 spiro atoms. The highest BCUT2D eigenvalue weighted by Crippen LogP contribution is 2.15. The van der Waals surface area contributed by atoms with E-state index in [1.165, 1.54) is 12.2 Å². The number of ketones is 1. The third-order valence-corrected chi connectivity index (χ3v) is 2.32. The Bertz CT molecular complexity index is 393. The van der Waals surface area contributed by atoms with Gasteiger partial charge in [-0.1, -0.05) is 26.8 Å². The van der Waals surface area contributed by atoms with E-state index in [1.54, 1.807) is 41.5 Å². The fraction of sp³-hybridized carbons (Fsp3) is 0.667. The summed E-state index contributed by atoms with van der Waals surface area (Å²) < 4.78 is 9.52. The van der Waals surface area contributed by atoms with Crippen molar-refractivity contribution in [3.05, 3.63) is 12.2 Å². The lowest BCUT2D eigenvalue weighted by molar-refractivity contribution is -0.172. The number of ether oxygens (including phenoxy) is 2. The van der Waals surface area contributed by atoms with Crippen molar-refractivity contribution in [2.75, 3.05) is 6.79 Å². The highest BCUT2D eigenvalue weighted by atomic mass is 16.7. The first-order valence-electron chi connectivity index (χ1n) is 6.48. The minimum Gasteiger partial charge on any atom is -0.428 e. The van der Waals surface area contributed by atoms with Gasteiger partial charge in [0, 0.05) is 5.41 Å². The third-order valence-electron chi connectivity index (χ3n) is 2.32. The molecule has 0 saturated heterocycles. The lowest BCUT2D eigenvalue weighted by Crippen LogP contribution is -2.24. The van der Waals surface area contributed by atoms with Crippen LogP contribution in [0.5, 0.6) is 0 Å². The fourth-order valence-electron chi connectivity index (χ4n) is 0.936. The molecule has 0 aromatic rings. The van der Waals surface area contributed by atoms with E-state index < -0.39 is 29.6 Å². The van der Waals surface area contributed by atoms with E-state index >= 15 is 0 Å². The Hall–Kier alpha value is -1.65. The summed E-state index contributed by atoms with van der Waals surface area (Å²) in [7, 11) is 0. The van der Waals surface area contributed by atoms with E-state index in [0.717, 1.165) is 0 Å². The Morgan fingerprint density at radius 1 is 0.900 bits per heavy atom. The number of allylic oxidation sites excluding steroid dienone is 1. The van der Waals surface area contributed by atoms with Crippen LogP contribution >= 0.6 is 0 Å². The summed E-state index contributed by atoms with van der Waals surface area (Å²) in [5.74, 6) is -1.06. The standard InChI is InChI=1S/C15H24O5/c1-14(2,3)11(16)8-7-9-12(17)19-10-20-13(18)15(4,5)6/h7-8H,9-10H2,1-6H3/b8-7+. The van der Waals surface area contributed by atoms with Crippen LogP contribution in [-0.4, -0.2) is 24.5 Å². The van der Waals surface area contributed by atoms with Crippen LogP contribution in [0.1, 0.15) is 48.0 Å². The number of hydrogen-bond acceptors (Lipinski definition) is 5. The van der Waals surface area contributed by atoms with Crippen molar-refractivity contribution >= 4 is 17.7 Å². The molecule has 5 heteroatoms. The van der Waals surface area contributed by atoms with Crippen molar-refractivity contribution in [2.24, 2.45) is 10.8 Å². The Balaban J connectivity index is 4.00. The SMILES string of the molecule is CC(C)(C)C(=O)/C=C/CC(=O)OCOC(=O)C(C)(C)C. The molecule has 0 saturated carbocycles. The summed E-state index contributed by atoms with van der Waals surface area (Å²) >= 11 is 0. The average molecular weight is 284 g/mol. The third kappa shape index (κ3) is 7.71. The molecule has 5 nitrogen and oxygen atoms in total. The van der Waals surface area contributed by atoms with Crippen molar-refractivity contribution in [3.8, 4) is 0 Å². The number of rotatable bonds is 5. The summed E-state index contributed by atoms with van der Waals surface area (Å²) in [6, 6.07) is 0. The summed E-state index contributed by atoms with van der Waals surface area (Å²) in [6.45, 7) is 10.1. The van der Waals surface area contributed by atoms with Gasteiger partial charge in [0.2, 0.25) is 6.79 Å². The maximum Gasteiger partial charge on any atom is 0.314 e. The Morgan fingerprint density at radius 2 is 1.45 bits per heavy atom. The minimum atomic E-state index is -0.633. The highest BCUT2D eigenvalue weighted by molar-refractivity contribution is 5.94. The van der Waals surface area contributed by atoms with Crippen LogP contribution < -0.4 is 0 Å². The van der Waals surface area contributed by atoms with Gasteiger partial charge in [-0.05, 0) is 26.8 Å². The average Bonchev–Trinajstić information content (AvgIpc) is 2.26. The summed E-state index contributed by atoms with van der Waals surface area (Å²) in [4.78, 5) is 34.3. The first-order chi connectivity index (χ1) is 8.94. The van der Waals surface area contributed by atoms with Crippen molar-refractivity contribution in [3.63, 3.8) is 0 Å². The van der Waals surface area contributed by atoms with Crippen LogP contribution in [0.2, 0.25) is 0 Å². The van der Waals surface area contributed by atoms with Crippen molar-refractivity contribution in [1.29, 1.82) is 0 Å². The zero-order valence-corrected chi connectivity index (χ0v) is 13.1. The predicted molar refractivity (Wildman–Crippen MR) is 74.7 cm³/mol. The minimum absolute atomic E-state index is 0.0328. The molecule has 0 aliphatic rings. The van der Waals surface area contributed by atoms with Crippen LogP contribution in [-0.2, 0) is 23.9 Å². The van der Waals surface area contributed by atoms with Crippen LogP contribution in [0.4, 0.5) is 0 Å². The lowest BCUT2D eigenvalue weighted by Gasteiger charge is -2.16. The van der Waals surface area contributed by atoms with Gasteiger partial charge in [-0.25, -0.2) is 0 Å². The molecule has 0 rings (SSSR count). The molecule has 20 heavy (non-hydrogen) atoms. The molecule has 0 aromatic heterocycles. The quantitative estimate of drug-likeness (QED) is 0.441. The van der Waals surface area contributed by atoms with Gasteiger partial charge in [0.25, 0.3) is 0 Å². The van der Waals surface area contributed by atoms with Crippen LogP contribution in [0.15, 0.2) is 12.2 Å². The van der Waals surface area contributed by atoms with Gasteiger partial charge in [0.15, 0.2) is 5.78 Å². The first kappa shape index (κ1) is 18.4. The van der Waals surface area contributed by atoms with E-state index in [4.69, 9.17) is 9.47 Å². The van der Waals surface area contributed by atoms with E-state index in [2.05, 4.69) is 0 Å². The Labute approximate surface area is 120 Å². The normalized spacial score (nSPS) is 12.3. The van der Waals surface area contributed by atoms with Gasteiger partial charge in [0.05, 0.1) is 11.8 Å². The van der Waals surface area contributed by atoms with Gasteiger partial charge in [-0.3, -0.25) is 14.4 Å². The van der Waals surface area contributed by atoms with Crippen LogP contribution in [0.25, 0.3) is 0 Å². The van der Waals surface area contributed by atoms with Crippen molar-refractivity contribution < 1.29 is 23.9 Å². The van der Waals surface area contributed by atoms with Gasteiger partial charge in [-0.2, -0.15) is 0 Å². The second kappa shape index (κ2) is 7.22. The smallest absolute Gasteiger partial charge is 0.314 e. The van der Waals surface area contributed by atoms with Crippen molar-refractivity contribution in [1.82, 2.24) is 0 Å². The predicted octanol–water partition coefficient (Wildman–Crippen LogP) is 2.64. The molecule has 0 unspecified atom stereocenters. The van der Waals surface area contributed by atoms with E-state index in [-0.39, 0.29) is 12.2 Å². The van der Waals surface area contributed by atoms with Crippen LogP contribution in [0, 0.1) is 10.8 Å². The van der Waals surface area contributed by atoms with Crippen LogP contribution in [0.3, 0.4) is 0 Å². The van der Waals surface area contributed by atoms with E-state index in [9.17, 15) is 14.4 Å².